The van der Waals surface area contributed by atoms with Crippen LogP contribution in [0.4, 0.5) is 0 Å². The molecular formula is C24H26N2O3. The first kappa shape index (κ1) is 19.2. The van der Waals surface area contributed by atoms with Gasteiger partial charge >= 0.3 is 5.97 Å². The first-order chi connectivity index (χ1) is 14.1. The Bertz CT molecular complexity index is 965. The normalized spacial score (nSPS) is 20.6. The van der Waals surface area contributed by atoms with Crippen molar-refractivity contribution in [2.45, 2.75) is 32.7 Å². The van der Waals surface area contributed by atoms with Crippen LogP contribution in [0.25, 0.3) is 0 Å². The number of carbonyl (C=O) groups is 1. The van der Waals surface area contributed by atoms with Crippen LogP contribution in [0.5, 0.6) is 5.75 Å². The molecule has 0 N–H and O–H groups in total. The molecule has 1 heterocycles. The highest BCUT2D eigenvalue weighted by atomic mass is 16.5. The molecule has 2 aromatic rings. The summed E-state index contributed by atoms with van der Waals surface area (Å²) >= 11 is 0. The Morgan fingerprint density at radius 3 is 2.76 bits per heavy atom. The fraction of sp³-hybridized carbons (Fsp3) is 0.333. The molecule has 2 atom stereocenters. The van der Waals surface area contributed by atoms with E-state index < -0.39 is 0 Å². The number of ether oxygens (including phenoxy) is 2. The average molecular weight is 390 g/mol. The van der Waals surface area contributed by atoms with Crippen molar-refractivity contribution < 1.29 is 14.3 Å². The van der Waals surface area contributed by atoms with Gasteiger partial charge in [0.1, 0.15) is 5.75 Å². The van der Waals surface area contributed by atoms with Crippen LogP contribution in [0.15, 0.2) is 65.4 Å². The monoisotopic (exact) mass is 390 g/mol. The van der Waals surface area contributed by atoms with Crippen LogP contribution in [0, 0.1) is 5.92 Å². The number of hydrogen-bond donors (Lipinski definition) is 0. The molecule has 1 aliphatic carbocycles. The molecule has 0 aromatic heterocycles. The lowest BCUT2D eigenvalue weighted by Gasteiger charge is -2.31. The largest absolute Gasteiger partial charge is 0.497 e. The van der Waals surface area contributed by atoms with Crippen LogP contribution in [0.3, 0.4) is 0 Å². The van der Waals surface area contributed by atoms with Crippen molar-refractivity contribution >= 4 is 11.7 Å². The molecular weight excluding hydrogens is 364 g/mol. The zero-order valence-electron chi connectivity index (χ0n) is 17.1. The topological polar surface area (TPSA) is 51.1 Å². The van der Waals surface area contributed by atoms with Crippen molar-refractivity contribution in [1.29, 1.82) is 0 Å². The minimum absolute atomic E-state index is 0.0622. The minimum Gasteiger partial charge on any atom is -0.497 e. The van der Waals surface area contributed by atoms with E-state index in [-0.39, 0.29) is 17.9 Å². The van der Waals surface area contributed by atoms with Gasteiger partial charge in [-0.25, -0.2) is 4.79 Å². The quantitative estimate of drug-likeness (QED) is 0.558. The number of esters is 1. The summed E-state index contributed by atoms with van der Waals surface area (Å²) in [4.78, 5) is 12.0. The Kier molecular flexibility index (Phi) is 5.38. The van der Waals surface area contributed by atoms with Gasteiger partial charge in [0.15, 0.2) is 0 Å². The number of hydrogen-bond acceptors (Lipinski definition) is 5. The van der Waals surface area contributed by atoms with Gasteiger partial charge in [0.2, 0.25) is 0 Å². The number of aryl methyl sites for hydroxylation is 1. The molecule has 4 rings (SSSR count). The van der Waals surface area contributed by atoms with Crippen molar-refractivity contribution in [3.63, 3.8) is 0 Å². The summed E-state index contributed by atoms with van der Waals surface area (Å²) in [5, 5.41) is 7.00. The molecule has 0 saturated carbocycles. The molecule has 29 heavy (non-hydrogen) atoms. The molecule has 0 radical (unpaired) electrons. The SMILES string of the molecule is CCOC(=O)/C=C(\C)N1N=C2c3ccc(OC)cc3CC[C@@H]2[C@@H]1c1ccccc1. The smallest absolute Gasteiger partial charge is 0.332 e. The highest BCUT2D eigenvalue weighted by Crippen LogP contribution is 2.45. The van der Waals surface area contributed by atoms with Crippen molar-refractivity contribution in [1.82, 2.24) is 5.01 Å². The summed E-state index contributed by atoms with van der Waals surface area (Å²) in [7, 11) is 1.69. The van der Waals surface area contributed by atoms with Crippen LogP contribution in [0.2, 0.25) is 0 Å². The molecule has 0 bridgehead atoms. The Balaban J connectivity index is 1.77. The zero-order chi connectivity index (χ0) is 20.4. The predicted octanol–water partition coefficient (Wildman–Crippen LogP) is 4.49. The maximum atomic E-state index is 12.0. The number of allylic oxidation sites excluding steroid dienone is 1. The van der Waals surface area contributed by atoms with Crippen LogP contribution in [0.1, 0.15) is 43.0 Å². The van der Waals surface area contributed by atoms with Gasteiger partial charge in [-0.05, 0) is 56.0 Å². The van der Waals surface area contributed by atoms with E-state index in [0.29, 0.717) is 6.61 Å². The molecule has 0 spiro atoms. The number of methoxy groups -OCH3 is 1. The number of nitrogens with zero attached hydrogens (tertiary/aromatic N) is 2. The van der Waals surface area contributed by atoms with E-state index in [4.69, 9.17) is 14.6 Å². The lowest BCUT2D eigenvalue weighted by molar-refractivity contribution is -0.137. The fourth-order valence-electron chi connectivity index (χ4n) is 4.33. The Hall–Kier alpha value is -3.08. The lowest BCUT2D eigenvalue weighted by atomic mass is 9.77. The molecule has 2 aliphatic rings. The van der Waals surface area contributed by atoms with E-state index in [1.54, 1.807) is 7.11 Å². The van der Waals surface area contributed by atoms with Gasteiger partial charge < -0.3 is 9.47 Å². The van der Waals surface area contributed by atoms with Crippen LogP contribution < -0.4 is 4.74 Å². The van der Waals surface area contributed by atoms with E-state index in [2.05, 4.69) is 36.4 Å². The van der Waals surface area contributed by atoms with Gasteiger partial charge in [0.25, 0.3) is 0 Å². The van der Waals surface area contributed by atoms with Gasteiger partial charge in [-0.3, -0.25) is 5.01 Å². The molecule has 2 aromatic carbocycles. The first-order valence-corrected chi connectivity index (χ1v) is 10.1. The minimum atomic E-state index is -0.336. The van der Waals surface area contributed by atoms with Gasteiger partial charge in [0.05, 0.1) is 25.5 Å². The van der Waals surface area contributed by atoms with Crippen molar-refractivity contribution in [3.05, 3.63) is 77.0 Å². The number of rotatable bonds is 5. The number of hydrazone groups is 1. The highest BCUT2D eigenvalue weighted by Gasteiger charge is 2.42. The number of fused-ring (bicyclic) bond motifs is 3. The summed E-state index contributed by atoms with van der Waals surface area (Å²) in [6, 6.07) is 16.7. The second kappa shape index (κ2) is 8.11. The van der Waals surface area contributed by atoms with E-state index in [1.807, 2.05) is 31.0 Å². The van der Waals surface area contributed by atoms with Gasteiger partial charge in [-0.15, -0.1) is 0 Å². The van der Waals surface area contributed by atoms with Gasteiger partial charge in [-0.2, -0.15) is 5.10 Å². The van der Waals surface area contributed by atoms with Gasteiger partial charge in [-0.1, -0.05) is 30.3 Å². The molecule has 1 aliphatic heterocycles. The molecule has 0 amide bonds. The van der Waals surface area contributed by atoms with Gasteiger partial charge in [0, 0.05) is 23.3 Å². The molecule has 0 saturated heterocycles. The fourth-order valence-corrected chi connectivity index (χ4v) is 4.33. The van der Waals surface area contributed by atoms with E-state index in [9.17, 15) is 4.79 Å². The second-order valence-electron chi connectivity index (χ2n) is 7.39. The Labute approximate surface area is 171 Å². The Morgan fingerprint density at radius 2 is 2.03 bits per heavy atom. The predicted molar refractivity (Wildman–Crippen MR) is 113 cm³/mol. The molecule has 150 valence electrons. The zero-order valence-corrected chi connectivity index (χ0v) is 17.1. The van der Waals surface area contributed by atoms with Crippen molar-refractivity contribution in [2.24, 2.45) is 11.0 Å². The third-order valence-electron chi connectivity index (χ3n) is 5.64. The maximum Gasteiger partial charge on any atom is 0.332 e. The third-order valence-corrected chi connectivity index (χ3v) is 5.64. The second-order valence-corrected chi connectivity index (χ2v) is 7.39. The first-order valence-electron chi connectivity index (χ1n) is 10.1. The summed E-state index contributed by atoms with van der Waals surface area (Å²) in [6.45, 7) is 4.09. The van der Waals surface area contributed by atoms with Crippen LogP contribution >= 0.6 is 0 Å². The summed E-state index contributed by atoms with van der Waals surface area (Å²) in [5.74, 6) is 0.802. The number of carbonyl (C=O) groups excluding carboxylic acids is 1. The Morgan fingerprint density at radius 1 is 1.24 bits per heavy atom. The van der Waals surface area contributed by atoms with Crippen molar-refractivity contribution in [2.75, 3.05) is 13.7 Å². The highest BCUT2D eigenvalue weighted by molar-refractivity contribution is 6.06. The molecule has 5 nitrogen and oxygen atoms in total. The molecule has 0 unspecified atom stereocenters. The van der Waals surface area contributed by atoms with E-state index in [0.717, 1.165) is 30.0 Å². The standard InChI is InChI=1S/C24H26N2O3/c1-4-29-22(27)14-16(2)26-24(17-8-6-5-7-9-17)21-12-10-18-15-19(28-3)11-13-20(18)23(21)25-26/h5-9,11,13-15,21,24H,4,10,12H2,1-3H3/b16-14+/t21-,24-/m0/s1. The van der Waals surface area contributed by atoms with Crippen molar-refractivity contribution in [3.8, 4) is 5.75 Å². The van der Waals surface area contributed by atoms with Crippen LogP contribution in [-0.2, 0) is 16.0 Å². The molecule has 0 fully saturated rings. The number of benzene rings is 2. The lowest BCUT2D eigenvalue weighted by Crippen LogP contribution is -2.28. The summed E-state index contributed by atoms with van der Waals surface area (Å²) in [5.41, 5.74) is 5.51. The average Bonchev–Trinajstić information content (AvgIpc) is 3.14. The molecule has 5 heteroatoms. The third kappa shape index (κ3) is 3.65. The van der Waals surface area contributed by atoms with E-state index in [1.165, 1.54) is 22.8 Å². The van der Waals surface area contributed by atoms with Crippen LogP contribution in [-0.4, -0.2) is 30.4 Å². The van der Waals surface area contributed by atoms with E-state index >= 15 is 0 Å². The summed E-state index contributed by atoms with van der Waals surface area (Å²) < 4.78 is 10.5. The maximum absolute atomic E-state index is 12.0. The summed E-state index contributed by atoms with van der Waals surface area (Å²) in [6.07, 6.45) is 3.52.